The van der Waals surface area contributed by atoms with Crippen LogP contribution in [0.3, 0.4) is 0 Å². The summed E-state index contributed by atoms with van der Waals surface area (Å²) in [5, 5.41) is 18.3. The van der Waals surface area contributed by atoms with Gasteiger partial charge in [0.25, 0.3) is 0 Å². The van der Waals surface area contributed by atoms with E-state index in [0.29, 0.717) is 13.0 Å². The number of nitrogens with zero attached hydrogens (tertiary/aromatic N) is 2. The van der Waals surface area contributed by atoms with Gasteiger partial charge in [-0.2, -0.15) is 0 Å². The van der Waals surface area contributed by atoms with E-state index < -0.39 is 5.97 Å². The molecule has 18 heavy (non-hydrogen) atoms. The Kier molecular flexibility index (Phi) is 3.34. The minimum atomic E-state index is -0.946. The second kappa shape index (κ2) is 4.78. The van der Waals surface area contributed by atoms with Crippen LogP contribution in [0.1, 0.15) is 29.5 Å². The van der Waals surface area contributed by atoms with Gasteiger partial charge in [0.05, 0.1) is 22.7 Å². The highest BCUT2D eigenvalue weighted by Gasteiger charge is 2.11. The fourth-order valence-electron chi connectivity index (χ4n) is 1.97. The molecule has 0 saturated carbocycles. The zero-order valence-corrected chi connectivity index (χ0v) is 10.4. The molecule has 0 fully saturated rings. The number of aryl methyl sites for hydroxylation is 2. The number of hydrogen-bond donors (Lipinski definition) is 2. The van der Waals surface area contributed by atoms with E-state index in [9.17, 15) is 9.90 Å². The maximum absolute atomic E-state index is 11.0. The molecule has 0 amide bonds. The van der Waals surface area contributed by atoms with E-state index >= 15 is 0 Å². The van der Waals surface area contributed by atoms with Crippen LogP contribution in [0.4, 0.5) is 0 Å². The van der Waals surface area contributed by atoms with Crippen LogP contribution in [0.2, 0.25) is 0 Å². The maximum Gasteiger partial charge on any atom is 0.335 e. The number of imidazole rings is 1. The van der Waals surface area contributed by atoms with Crippen molar-refractivity contribution >= 4 is 17.0 Å². The van der Waals surface area contributed by atoms with Crippen molar-refractivity contribution in [2.75, 3.05) is 0 Å². The van der Waals surface area contributed by atoms with E-state index in [1.807, 2.05) is 11.5 Å². The lowest BCUT2D eigenvalue weighted by atomic mass is 10.2. The van der Waals surface area contributed by atoms with Gasteiger partial charge in [0, 0.05) is 6.54 Å². The second-order valence-electron chi connectivity index (χ2n) is 4.46. The predicted molar refractivity (Wildman–Crippen MR) is 67.7 cm³/mol. The number of carboxylic acid groups (broad SMARTS) is 1. The summed E-state index contributed by atoms with van der Waals surface area (Å²) >= 11 is 0. The van der Waals surface area contributed by atoms with Crippen molar-refractivity contribution in [3.05, 3.63) is 29.6 Å². The molecular formula is C13H16N2O3. The van der Waals surface area contributed by atoms with Crippen LogP contribution in [0.5, 0.6) is 0 Å². The molecule has 1 atom stereocenters. The first-order valence-corrected chi connectivity index (χ1v) is 5.87. The van der Waals surface area contributed by atoms with Crippen LogP contribution in [0, 0.1) is 6.92 Å². The molecule has 0 bridgehead atoms. The van der Waals surface area contributed by atoms with Crippen LogP contribution >= 0.6 is 0 Å². The summed E-state index contributed by atoms with van der Waals surface area (Å²) in [7, 11) is 0. The van der Waals surface area contributed by atoms with Crippen molar-refractivity contribution in [1.82, 2.24) is 9.55 Å². The maximum atomic E-state index is 11.0. The molecule has 1 heterocycles. The number of benzene rings is 1. The van der Waals surface area contributed by atoms with E-state index in [0.717, 1.165) is 16.9 Å². The van der Waals surface area contributed by atoms with Gasteiger partial charge in [-0.05, 0) is 38.5 Å². The number of fused-ring (bicyclic) bond motifs is 1. The van der Waals surface area contributed by atoms with E-state index in [1.165, 1.54) is 0 Å². The predicted octanol–water partition coefficient (Wildman–Crippen LogP) is 1.81. The summed E-state index contributed by atoms with van der Waals surface area (Å²) in [6.45, 7) is 4.24. The summed E-state index contributed by atoms with van der Waals surface area (Å²) in [6.07, 6.45) is 0.230. The fraction of sp³-hybridized carbons (Fsp3) is 0.385. The fourth-order valence-corrected chi connectivity index (χ4v) is 1.97. The molecule has 1 unspecified atom stereocenters. The van der Waals surface area contributed by atoms with E-state index in [-0.39, 0.29) is 11.7 Å². The van der Waals surface area contributed by atoms with Crippen LogP contribution in [-0.4, -0.2) is 31.8 Å². The van der Waals surface area contributed by atoms with Gasteiger partial charge in [-0.3, -0.25) is 0 Å². The van der Waals surface area contributed by atoms with Crippen molar-refractivity contribution in [2.45, 2.75) is 32.9 Å². The molecule has 2 rings (SSSR count). The minimum absolute atomic E-state index is 0.251. The third-order valence-electron chi connectivity index (χ3n) is 2.96. The summed E-state index contributed by atoms with van der Waals surface area (Å²) in [6, 6.07) is 4.89. The number of aromatic carboxylic acids is 1. The van der Waals surface area contributed by atoms with Gasteiger partial charge in [0.15, 0.2) is 0 Å². The van der Waals surface area contributed by atoms with Crippen molar-refractivity contribution in [1.29, 1.82) is 0 Å². The average molecular weight is 248 g/mol. The third kappa shape index (κ3) is 2.36. The van der Waals surface area contributed by atoms with E-state index in [2.05, 4.69) is 4.98 Å². The molecule has 0 radical (unpaired) electrons. The van der Waals surface area contributed by atoms with Crippen LogP contribution in [0.25, 0.3) is 11.0 Å². The monoisotopic (exact) mass is 248 g/mol. The van der Waals surface area contributed by atoms with E-state index in [1.54, 1.807) is 25.1 Å². The molecule has 5 heteroatoms. The van der Waals surface area contributed by atoms with Crippen LogP contribution in [0.15, 0.2) is 18.2 Å². The zero-order chi connectivity index (χ0) is 13.3. The van der Waals surface area contributed by atoms with E-state index in [4.69, 9.17) is 5.11 Å². The highest BCUT2D eigenvalue weighted by molar-refractivity contribution is 5.92. The molecule has 1 aromatic heterocycles. The van der Waals surface area contributed by atoms with Crippen LogP contribution < -0.4 is 0 Å². The van der Waals surface area contributed by atoms with Gasteiger partial charge >= 0.3 is 5.97 Å². The molecule has 0 aliphatic heterocycles. The number of carboxylic acids is 1. The first kappa shape index (κ1) is 12.6. The molecule has 2 N–H and O–H groups in total. The lowest BCUT2D eigenvalue weighted by Gasteiger charge is -2.08. The molecule has 2 aromatic rings. The lowest BCUT2D eigenvalue weighted by molar-refractivity contribution is 0.0697. The van der Waals surface area contributed by atoms with Crippen molar-refractivity contribution in [3.8, 4) is 0 Å². The summed E-state index contributed by atoms with van der Waals surface area (Å²) < 4.78 is 1.94. The zero-order valence-electron chi connectivity index (χ0n) is 10.4. The smallest absolute Gasteiger partial charge is 0.335 e. The number of carbonyl (C=O) groups is 1. The summed E-state index contributed by atoms with van der Waals surface area (Å²) in [4.78, 5) is 15.3. The largest absolute Gasteiger partial charge is 0.478 e. The first-order chi connectivity index (χ1) is 8.49. The number of aromatic nitrogens is 2. The normalized spacial score (nSPS) is 12.8. The summed E-state index contributed by atoms with van der Waals surface area (Å²) in [5.41, 5.74) is 1.83. The molecule has 0 spiro atoms. The third-order valence-corrected chi connectivity index (χ3v) is 2.96. The lowest BCUT2D eigenvalue weighted by Crippen LogP contribution is -2.08. The Bertz CT molecular complexity index is 587. The summed E-state index contributed by atoms with van der Waals surface area (Å²) in [5.74, 6) is -0.119. The first-order valence-electron chi connectivity index (χ1n) is 5.87. The van der Waals surface area contributed by atoms with Gasteiger partial charge in [-0.1, -0.05) is 0 Å². The van der Waals surface area contributed by atoms with Crippen molar-refractivity contribution in [3.63, 3.8) is 0 Å². The van der Waals surface area contributed by atoms with Gasteiger partial charge in [0.2, 0.25) is 0 Å². The molecule has 96 valence electrons. The Balaban J connectivity index is 2.46. The van der Waals surface area contributed by atoms with Crippen molar-refractivity contribution < 1.29 is 15.0 Å². The van der Waals surface area contributed by atoms with Gasteiger partial charge < -0.3 is 14.8 Å². The van der Waals surface area contributed by atoms with Gasteiger partial charge in [-0.25, -0.2) is 9.78 Å². The minimum Gasteiger partial charge on any atom is -0.478 e. The second-order valence-corrected chi connectivity index (χ2v) is 4.46. The molecule has 5 nitrogen and oxygen atoms in total. The Morgan fingerprint density at radius 1 is 1.50 bits per heavy atom. The Hall–Kier alpha value is -1.88. The molecule has 0 aliphatic carbocycles. The van der Waals surface area contributed by atoms with Crippen molar-refractivity contribution in [2.24, 2.45) is 0 Å². The molecular weight excluding hydrogens is 232 g/mol. The van der Waals surface area contributed by atoms with Gasteiger partial charge in [0.1, 0.15) is 5.82 Å². The quantitative estimate of drug-likeness (QED) is 0.865. The van der Waals surface area contributed by atoms with Gasteiger partial charge in [-0.15, -0.1) is 0 Å². The number of rotatable bonds is 4. The molecule has 1 aromatic carbocycles. The number of aliphatic hydroxyl groups is 1. The Morgan fingerprint density at radius 2 is 2.22 bits per heavy atom. The average Bonchev–Trinajstić information content (AvgIpc) is 2.60. The Labute approximate surface area is 105 Å². The standard InChI is InChI=1S/C13H16N2O3/c1-8(16)5-6-15-9(2)14-11-4-3-10(13(17)18)7-12(11)15/h3-4,7-8,16H,5-6H2,1-2H3,(H,17,18). The SMILES string of the molecule is Cc1nc2ccc(C(=O)O)cc2n1CCC(C)O. The highest BCUT2D eigenvalue weighted by atomic mass is 16.4. The Morgan fingerprint density at radius 3 is 2.83 bits per heavy atom. The number of hydrogen-bond acceptors (Lipinski definition) is 3. The molecule has 0 saturated heterocycles. The highest BCUT2D eigenvalue weighted by Crippen LogP contribution is 2.18. The topological polar surface area (TPSA) is 75.3 Å². The number of aliphatic hydroxyl groups excluding tert-OH is 1. The van der Waals surface area contributed by atoms with Crippen LogP contribution in [-0.2, 0) is 6.54 Å². The molecule has 0 aliphatic rings.